The predicted molar refractivity (Wildman–Crippen MR) is 54.0 cm³/mol. The lowest BCUT2D eigenvalue weighted by molar-refractivity contribution is -0.172. The van der Waals surface area contributed by atoms with Crippen LogP contribution in [0.2, 0.25) is 0 Å². The third kappa shape index (κ3) is 2.71. The number of rotatable bonds is 3. The van der Waals surface area contributed by atoms with E-state index in [1.54, 1.807) is 0 Å². The first kappa shape index (κ1) is 11.5. The molecule has 0 bridgehead atoms. The molecule has 0 amide bonds. The van der Waals surface area contributed by atoms with Crippen LogP contribution in [0, 0.1) is 5.92 Å². The monoisotopic (exact) mass is 200 g/mol. The first-order valence-electron chi connectivity index (χ1n) is 5.28. The lowest BCUT2D eigenvalue weighted by Crippen LogP contribution is -2.41. The molecule has 1 unspecified atom stereocenters. The molecule has 14 heavy (non-hydrogen) atoms. The second kappa shape index (κ2) is 4.30. The molecule has 82 valence electrons. The minimum absolute atomic E-state index is 0.0604. The molecule has 1 atom stereocenters. The predicted octanol–water partition coefficient (Wildman–Crippen LogP) is 2.14. The summed E-state index contributed by atoms with van der Waals surface area (Å²) in [7, 11) is 0. The van der Waals surface area contributed by atoms with Crippen molar-refractivity contribution in [3.8, 4) is 0 Å². The molecule has 1 rings (SSSR count). The molecule has 3 nitrogen and oxygen atoms in total. The highest BCUT2D eigenvalue weighted by atomic mass is 16.6. The number of ether oxygens (including phenoxy) is 2. The Morgan fingerprint density at radius 3 is 2.57 bits per heavy atom. The van der Waals surface area contributed by atoms with Crippen LogP contribution in [-0.2, 0) is 14.3 Å². The van der Waals surface area contributed by atoms with E-state index in [9.17, 15) is 4.79 Å². The maximum absolute atomic E-state index is 11.4. The first-order chi connectivity index (χ1) is 6.43. The van der Waals surface area contributed by atoms with Gasteiger partial charge in [-0.15, -0.1) is 0 Å². The molecule has 0 aliphatic carbocycles. The van der Waals surface area contributed by atoms with Crippen LogP contribution in [0.5, 0.6) is 0 Å². The highest BCUT2D eigenvalue weighted by molar-refractivity contribution is 5.72. The topological polar surface area (TPSA) is 35.5 Å². The van der Waals surface area contributed by atoms with Gasteiger partial charge in [0.05, 0.1) is 12.0 Å². The standard InChI is InChI=1S/C11H20O3/c1-8(2)10(12)14-11(3,4)9-6-5-7-13-9/h8-9H,5-7H2,1-4H3. The first-order valence-corrected chi connectivity index (χ1v) is 5.28. The van der Waals surface area contributed by atoms with Crippen molar-refractivity contribution in [2.24, 2.45) is 5.92 Å². The van der Waals surface area contributed by atoms with Crippen molar-refractivity contribution >= 4 is 5.97 Å². The van der Waals surface area contributed by atoms with E-state index in [4.69, 9.17) is 9.47 Å². The van der Waals surface area contributed by atoms with Gasteiger partial charge >= 0.3 is 5.97 Å². The van der Waals surface area contributed by atoms with E-state index in [0.717, 1.165) is 19.4 Å². The van der Waals surface area contributed by atoms with Gasteiger partial charge in [-0.25, -0.2) is 0 Å². The van der Waals surface area contributed by atoms with Gasteiger partial charge in [0.2, 0.25) is 0 Å². The number of hydrogen-bond donors (Lipinski definition) is 0. The lowest BCUT2D eigenvalue weighted by Gasteiger charge is -2.31. The zero-order chi connectivity index (χ0) is 10.8. The van der Waals surface area contributed by atoms with Crippen LogP contribution in [0.3, 0.4) is 0 Å². The van der Waals surface area contributed by atoms with Crippen molar-refractivity contribution in [3.05, 3.63) is 0 Å². The van der Waals surface area contributed by atoms with Crippen molar-refractivity contribution in [1.82, 2.24) is 0 Å². The Labute approximate surface area is 85.8 Å². The summed E-state index contributed by atoms with van der Waals surface area (Å²) in [6.45, 7) is 8.31. The Morgan fingerprint density at radius 1 is 1.50 bits per heavy atom. The maximum atomic E-state index is 11.4. The van der Waals surface area contributed by atoms with Crippen molar-refractivity contribution in [3.63, 3.8) is 0 Å². The molecular weight excluding hydrogens is 180 g/mol. The van der Waals surface area contributed by atoms with Crippen LogP contribution in [0.15, 0.2) is 0 Å². The average Bonchev–Trinajstić information content (AvgIpc) is 2.54. The van der Waals surface area contributed by atoms with Gasteiger partial charge in [-0.1, -0.05) is 13.8 Å². The van der Waals surface area contributed by atoms with Crippen molar-refractivity contribution in [2.45, 2.75) is 52.2 Å². The molecule has 3 heteroatoms. The van der Waals surface area contributed by atoms with Gasteiger partial charge in [-0.05, 0) is 26.7 Å². The van der Waals surface area contributed by atoms with Gasteiger partial charge in [0.1, 0.15) is 5.60 Å². The summed E-state index contributed by atoms with van der Waals surface area (Å²) < 4.78 is 10.9. The highest BCUT2D eigenvalue weighted by Crippen LogP contribution is 2.27. The second-order valence-electron chi connectivity index (χ2n) is 4.68. The molecule has 0 N–H and O–H groups in total. The summed E-state index contributed by atoms with van der Waals surface area (Å²) in [6.07, 6.45) is 2.11. The van der Waals surface area contributed by atoms with Gasteiger partial charge in [0.25, 0.3) is 0 Å². The van der Waals surface area contributed by atoms with Gasteiger partial charge in [0.15, 0.2) is 0 Å². The minimum Gasteiger partial charge on any atom is -0.457 e. The third-order valence-corrected chi connectivity index (χ3v) is 2.54. The molecule has 1 fully saturated rings. The van der Waals surface area contributed by atoms with Crippen LogP contribution in [-0.4, -0.2) is 24.3 Å². The van der Waals surface area contributed by atoms with Crippen LogP contribution >= 0.6 is 0 Å². The number of carbonyl (C=O) groups excluding carboxylic acids is 1. The normalized spacial score (nSPS) is 22.8. The summed E-state index contributed by atoms with van der Waals surface area (Å²) in [5, 5.41) is 0. The Kier molecular flexibility index (Phi) is 3.53. The van der Waals surface area contributed by atoms with Crippen molar-refractivity contribution in [1.29, 1.82) is 0 Å². The smallest absolute Gasteiger partial charge is 0.308 e. The zero-order valence-electron chi connectivity index (χ0n) is 9.50. The van der Waals surface area contributed by atoms with Crippen LogP contribution in [0.4, 0.5) is 0 Å². The Hall–Kier alpha value is -0.570. The largest absolute Gasteiger partial charge is 0.457 e. The van der Waals surface area contributed by atoms with E-state index in [1.165, 1.54) is 0 Å². The van der Waals surface area contributed by atoms with Crippen LogP contribution in [0.25, 0.3) is 0 Å². The van der Waals surface area contributed by atoms with Crippen LogP contribution in [0.1, 0.15) is 40.5 Å². The lowest BCUT2D eigenvalue weighted by atomic mass is 9.98. The molecule has 0 aromatic heterocycles. The van der Waals surface area contributed by atoms with E-state index >= 15 is 0 Å². The molecule has 1 heterocycles. The Bertz CT molecular complexity index is 203. The summed E-state index contributed by atoms with van der Waals surface area (Å²) in [5.41, 5.74) is -0.488. The van der Waals surface area contributed by atoms with Gasteiger partial charge < -0.3 is 9.47 Å². The van der Waals surface area contributed by atoms with Gasteiger partial charge in [0, 0.05) is 6.61 Å². The van der Waals surface area contributed by atoms with Gasteiger partial charge in [-0.2, -0.15) is 0 Å². The van der Waals surface area contributed by atoms with Crippen molar-refractivity contribution < 1.29 is 14.3 Å². The van der Waals surface area contributed by atoms with Crippen LogP contribution < -0.4 is 0 Å². The van der Waals surface area contributed by atoms with E-state index in [2.05, 4.69) is 0 Å². The zero-order valence-corrected chi connectivity index (χ0v) is 9.50. The molecule has 1 saturated heterocycles. The number of carbonyl (C=O) groups is 1. The SMILES string of the molecule is CC(C)C(=O)OC(C)(C)C1CCCO1. The highest BCUT2D eigenvalue weighted by Gasteiger charge is 2.36. The van der Waals surface area contributed by atoms with E-state index in [0.29, 0.717) is 0 Å². The molecule has 1 aliphatic rings. The quantitative estimate of drug-likeness (QED) is 0.655. The molecule has 0 saturated carbocycles. The summed E-state index contributed by atoms with van der Waals surface area (Å²) >= 11 is 0. The van der Waals surface area contributed by atoms with Crippen molar-refractivity contribution in [2.75, 3.05) is 6.61 Å². The van der Waals surface area contributed by atoms with Gasteiger partial charge in [-0.3, -0.25) is 4.79 Å². The minimum atomic E-state index is -0.488. The van der Waals surface area contributed by atoms with E-state index in [-0.39, 0.29) is 18.0 Å². The molecule has 1 aliphatic heterocycles. The average molecular weight is 200 g/mol. The number of esters is 1. The molecule has 0 spiro atoms. The summed E-state index contributed by atoms with van der Waals surface area (Å²) in [6, 6.07) is 0. The molecule has 0 aromatic carbocycles. The maximum Gasteiger partial charge on any atom is 0.308 e. The molecular formula is C11H20O3. The fourth-order valence-corrected chi connectivity index (χ4v) is 1.57. The molecule has 0 aromatic rings. The molecule has 0 radical (unpaired) electrons. The summed E-state index contributed by atoms with van der Waals surface area (Å²) in [4.78, 5) is 11.4. The fourth-order valence-electron chi connectivity index (χ4n) is 1.57. The fraction of sp³-hybridized carbons (Fsp3) is 0.909. The third-order valence-electron chi connectivity index (χ3n) is 2.54. The second-order valence-corrected chi connectivity index (χ2v) is 4.68. The Balaban J connectivity index is 2.51. The van der Waals surface area contributed by atoms with E-state index in [1.807, 2.05) is 27.7 Å². The Morgan fingerprint density at radius 2 is 2.14 bits per heavy atom. The van der Waals surface area contributed by atoms with E-state index < -0.39 is 5.60 Å². The number of hydrogen-bond acceptors (Lipinski definition) is 3. The summed E-state index contributed by atoms with van der Waals surface area (Å²) in [5.74, 6) is -0.221.